The smallest absolute Gasteiger partial charge is 0.239 e. The summed E-state index contributed by atoms with van der Waals surface area (Å²) in [4.78, 5) is 29.3. The van der Waals surface area contributed by atoms with Crippen molar-refractivity contribution < 1.29 is 9.59 Å². The summed E-state index contributed by atoms with van der Waals surface area (Å²) in [7, 11) is 0. The second-order valence-corrected chi connectivity index (χ2v) is 9.33. The van der Waals surface area contributed by atoms with E-state index in [2.05, 4.69) is 34.3 Å². The minimum atomic E-state index is -0.0789. The quantitative estimate of drug-likeness (QED) is 0.498. The van der Waals surface area contributed by atoms with E-state index in [-0.39, 0.29) is 11.8 Å². The maximum atomic E-state index is 12.9. The molecule has 0 spiro atoms. The van der Waals surface area contributed by atoms with Gasteiger partial charge in [0.2, 0.25) is 11.8 Å². The minimum absolute atomic E-state index is 0.0632. The Balaban J connectivity index is 1.35. The molecule has 4 rings (SSSR count). The zero-order valence-electron chi connectivity index (χ0n) is 20.5. The molecule has 2 N–H and O–H groups in total. The molecule has 3 aromatic rings. The molecule has 1 saturated heterocycles. The van der Waals surface area contributed by atoms with Crippen LogP contribution in [0.4, 0.5) is 5.82 Å². The van der Waals surface area contributed by atoms with Crippen LogP contribution in [0, 0.1) is 5.92 Å². The van der Waals surface area contributed by atoms with Crippen molar-refractivity contribution in [2.45, 2.75) is 13.8 Å². The highest BCUT2D eigenvalue weighted by Gasteiger charge is 2.21. The first-order valence-corrected chi connectivity index (χ1v) is 12.2. The highest BCUT2D eigenvalue weighted by atomic mass is 16.2. The summed E-state index contributed by atoms with van der Waals surface area (Å²) in [6.07, 6.45) is 0. The van der Waals surface area contributed by atoms with Crippen molar-refractivity contribution in [3.05, 3.63) is 66.7 Å². The number of nitrogens with zero attached hydrogens (tertiary/aromatic N) is 4. The van der Waals surface area contributed by atoms with E-state index in [4.69, 9.17) is 5.10 Å². The van der Waals surface area contributed by atoms with E-state index in [1.54, 1.807) is 4.68 Å². The number of carbonyl (C=O) groups excluding carboxylic acids is 2. The normalized spacial score (nSPS) is 14.7. The molecule has 184 valence electrons. The maximum Gasteiger partial charge on any atom is 0.239 e. The molecule has 8 nitrogen and oxygen atoms in total. The zero-order valence-corrected chi connectivity index (χ0v) is 20.5. The molecular formula is C27H34N6O2. The molecule has 0 bridgehead atoms. The molecule has 0 atom stereocenters. The fourth-order valence-electron chi connectivity index (χ4n) is 4.05. The number of aromatic nitrogens is 2. The highest BCUT2D eigenvalue weighted by molar-refractivity contribution is 5.92. The van der Waals surface area contributed by atoms with E-state index in [1.165, 1.54) is 0 Å². The summed E-state index contributed by atoms with van der Waals surface area (Å²) in [5.41, 5.74) is 2.68. The Bertz CT molecular complexity index is 1110. The molecule has 2 aromatic carbocycles. The van der Waals surface area contributed by atoms with Crippen LogP contribution in [-0.2, 0) is 9.59 Å². The van der Waals surface area contributed by atoms with Crippen molar-refractivity contribution in [1.82, 2.24) is 24.9 Å². The van der Waals surface area contributed by atoms with Gasteiger partial charge in [-0.25, -0.2) is 4.68 Å². The van der Waals surface area contributed by atoms with Gasteiger partial charge in [0.15, 0.2) is 0 Å². The molecule has 1 fully saturated rings. The summed E-state index contributed by atoms with van der Waals surface area (Å²) in [6, 6.07) is 21.6. The molecule has 1 aromatic heterocycles. The van der Waals surface area contributed by atoms with Crippen LogP contribution >= 0.6 is 0 Å². The molecule has 8 heteroatoms. The van der Waals surface area contributed by atoms with Gasteiger partial charge >= 0.3 is 0 Å². The molecule has 0 unspecified atom stereocenters. The van der Waals surface area contributed by atoms with Gasteiger partial charge in [-0.05, 0) is 18.1 Å². The summed E-state index contributed by atoms with van der Waals surface area (Å²) >= 11 is 0. The summed E-state index contributed by atoms with van der Waals surface area (Å²) in [5.74, 6) is 1.06. The van der Waals surface area contributed by atoms with Gasteiger partial charge in [-0.1, -0.05) is 62.4 Å². The van der Waals surface area contributed by atoms with Crippen molar-refractivity contribution in [2.24, 2.45) is 5.92 Å². The summed E-state index contributed by atoms with van der Waals surface area (Å²) < 4.78 is 1.77. The number of hydrogen-bond donors (Lipinski definition) is 2. The monoisotopic (exact) mass is 474 g/mol. The van der Waals surface area contributed by atoms with E-state index in [0.717, 1.165) is 43.1 Å². The van der Waals surface area contributed by atoms with Gasteiger partial charge in [-0.15, -0.1) is 0 Å². The molecular weight excluding hydrogens is 440 g/mol. The lowest BCUT2D eigenvalue weighted by Gasteiger charge is -2.33. The lowest BCUT2D eigenvalue weighted by molar-refractivity contribution is -0.123. The first-order chi connectivity index (χ1) is 17.0. The molecule has 2 amide bonds. The Kier molecular flexibility index (Phi) is 8.28. The van der Waals surface area contributed by atoms with Gasteiger partial charge in [0.25, 0.3) is 0 Å². The second kappa shape index (κ2) is 11.8. The second-order valence-electron chi connectivity index (χ2n) is 9.33. The summed E-state index contributed by atoms with van der Waals surface area (Å²) in [6.45, 7) is 8.60. The van der Waals surface area contributed by atoms with Crippen molar-refractivity contribution in [1.29, 1.82) is 0 Å². The summed E-state index contributed by atoms with van der Waals surface area (Å²) in [5, 5.41) is 10.8. The van der Waals surface area contributed by atoms with Gasteiger partial charge in [-0.2, -0.15) is 5.10 Å². The maximum absolute atomic E-state index is 12.9. The number of rotatable bonds is 9. The van der Waals surface area contributed by atoms with E-state index in [1.807, 2.05) is 66.7 Å². The van der Waals surface area contributed by atoms with Crippen molar-refractivity contribution in [3.8, 4) is 16.9 Å². The molecule has 0 aliphatic carbocycles. The number of piperazine rings is 1. The number of nitrogens with one attached hydrogen (secondary N) is 2. The Labute approximate surface area is 206 Å². The third-order valence-corrected chi connectivity index (χ3v) is 5.95. The van der Waals surface area contributed by atoms with Crippen molar-refractivity contribution in [2.75, 3.05) is 51.1 Å². The van der Waals surface area contributed by atoms with Crippen LogP contribution in [0.2, 0.25) is 0 Å². The number of para-hydroxylation sites is 1. The number of amides is 2. The third kappa shape index (κ3) is 7.00. The van der Waals surface area contributed by atoms with Crippen molar-refractivity contribution >= 4 is 17.6 Å². The van der Waals surface area contributed by atoms with E-state index in [9.17, 15) is 9.59 Å². The topological polar surface area (TPSA) is 82.5 Å². The predicted octanol–water partition coefficient (Wildman–Crippen LogP) is 2.87. The Morgan fingerprint density at radius 2 is 1.43 bits per heavy atom. The number of carbonyl (C=O) groups is 2. The van der Waals surface area contributed by atoms with Crippen LogP contribution < -0.4 is 10.6 Å². The van der Waals surface area contributed by atoms with Crippen LogP contribution in [0.1, 0.15) is 13.8 Å². The Hall–Kier alpha value is -3.49. The standard InChI is InChI=1S/C27H34N6O2/c1-21(2)18-28-26(34)19-31-13-15-32(16-14-31)20-27(35)29-25-17-24(22-9-5-3-6-10-22)30-33(25)23-11-7-4-8-12-23/h3-12,17,21H,13-16,18-20H2,1-2H3,(H,28,34)(H,29,35). The number of benzene rings is 2. The van der Waals surface area contributed by atoms with Crippen LogP contribution in [0.15, 0.2) is 66.7 Å². The minimum Gasteiger partial charge on any atom is -0.355 e. The van der Waals surface area contributed by atoms with Crippen LogP contribution in [0.5, 0.6) is 0 Å². The van der Waals surface area contributed by atoms with E-state index >= 15 is 0 Å². The molecule has 1 aliphatic heterocycles. The van der Waals surface area contributed by atoms with E-state index in [0.29, 0.717) is 31.4 Å². The van der Waals surface area contributed by atoms with E-state index < -0.39 is 0 Å². The van der Waals surface area contributed by atoms with Gasteiger partial charge in [-0.3, -0.25) is 19.4 Å². The average molecular weight is 475 g/mol. The van der Waals surface area contributed by atoms with Gasteiger partial charge in [0.05, 0.1) is 24.5 Å². The molecule has 1 aliphatic rings. The fraction of sp³-hybridized carbons (Fsp3) is 0.370. The molecule has 35 heavy (non-hydrogen) atoms. The third-order valence-electron chi connectivity index (χ3n) is 5.95. The molecule has 2 heterocycles. The molecule has 0 saturated carbocycles. The first kappa shape index (κ1) is 24.6. The average Bonchev–Trinajstić information content (AvgIpc) is 3.28. The van der Waals surface area contributed by atoms with Gasteiger partial charge in [0, 0.05) is 44.4 Å². The Morgan fingerprint density at radius 3 is 2.03 bits per heavy atom. The largest absolute Gasteiger partial charge is 0.355 e. The first-order valence-electron chi connectivity index (χ1n) is 12.2. The lowest BCUT2D eigenvalue weighted by atomic mass is 10.1. The Morgan fingerprint density at radius 1 is 0.857 bits per heavy atom. The number of anilines is 1. The van der Waals surface area contributed by atoms with Gasteiger partial charge in [0.1, 0.15) is 5.82 Å². The predicted molar refractivity (Wildman–Crippen MR) is 138 cm³/mol. The lowest BCUT2D eigenvalue weighted by Crippen LogP contribution is -2.51. The van der Waals surface area contributed by atoms with Crippen LogP contribution in [0.25, 0.3) is 16.9 Å². The van der Waals surface area contributed by atoms with Crippen LogP contribution in [-0.4, -0.2) is 77.2 Å². The highest BCUT2D eigenvalue weighted by Crippen LogP contribution is 2.24. The zero-order chi connectivity index (χ0) is 24.6. The van der Waals surface area contributed by atoms with Crippen LogP contribution in [0.3, 0.4) is 0 Å². The van der Waals surface area contributed by atoms with Crippen molar-refractivity contribution in [3.63, 3.8) is 0 Å². The molecule has 0 radical (unpaired) electrons. The van der Waals surface area contributed by atoms with Gasteiger partial charge < -0.3 is 10.6 Å². The fourth-order valence-corrected chi connectivity index (χ4v) is 4.05. The SMILES string of the molecule is CC(C)CNC(=O)CN1CCN(CC(=O)Nc2cc(-c3ccccc3)nn2-c2ccccc2)CC1. The number of hydrogen-bond acceptors (Lipinski definition) is 5.